The van der Waals surface area contributed by atoms with E-state index in [1.165, 1.54) is 27.7 Å². The smallest absolute Gasteiger partial charge is 0.0513 e. The highest BCUT2D eigenvalue weighted by atomic mass is 79.9. The molecule has 0 spiro atoms. The second-order valence-corrected chi connectivity index (χ2v) is 6.88. The second kappa shape index (κ2) is 5.35. The molecule has 0 N–H and O–H groups in total. The summed E-state index contributed by atoms with van der Waals surface area (Å²) in [7, 11) is 0. The zero-order valence-electron chi connectivity index (χ0n) is 9.83. The van der Waals surface area contributed by atoms with Crippen molar-refractivity contribution in [1.82, 2.24) is 0 Å². The van der Waals surface area contributed by atoms with Crippen molar-refractivity contribution >= 4 is 48.9 Å². The van der Waals surface area contributed by atoms with Crippen LogP contribution >= 0.6 is 43.2 Å². The summed E-state index contributed by atoms with van der Waals surface area (Å²) < 4.78 is 1.19. The summed E-state index contributed by atoms with van der Waals surface area (Å²) in [6.07, 6.45) is 1.17. The highest BCUT2D eigenvalue weighted by Gasteiger charge is 2.18. The largest absolute Gasteiger partial charge is 0.366 e. The molecule has 0 aliphatic carbocycles. The van der Waals surface area contributed by atoms with E-state index in [1.807, 2.05) is 11.3 Å². The molecular formula is C14H13Br2NS. The third kappa shape index (κ3) is 2.38. The number of thiophene rings is 1. The third-order valence-electron chi connectivity index (χ3n) is 3.31. The Balaban J connectivity index is 1.88. The molecule has 0 saturated carbocycles. The molecule has 1 aliphatic heterocycles. The molecule has 0 radical (unpaired) electrons. The van der Waals surface area contributed by atoms with Crippen molar-refractivity contribution in [2.45, 2.75) is 18.3 Å². The van der Waals surface area contributed by atoms with Crippen molar-refractivity contribution < 1.29 is 0 Å². The normalized spacial score (nSPS) is 14.7. The first kappa shape index (κ1) is 12.7. The van der Waals surface area contributed by atoms with Gasteiger partial charge < -0.3 is 4.90 Å². The first-order valence-electron chi connectivity index (χ1n) is 5.92. The summed E-state index contributed by atoms with van der Waals surface area (Å²) >= 11 is 9.08. The maximum absolute atomic E-state index is 3.69. The summed E-state index contributed by atoms with van der Waals surface area (Å²) in [5.74, 6) is 0. The lowest BCUT2D eigenvalue weighted by Gasteiger charge is -2.30. The molecule has 1 nitrogen and oxygen atoms in total. The van der Waals surface area contributed by atoms with Crippen molar-refractivity contribution in [2.75, 3.05) is 11.4 Å². The van der Waals surface area contributed by atoms with E-state index in [2.05, 4.69) is 66.4 Å². The van der Waals surface area contributed by atoms with E-state index in [1.54, 1.807) is 4.88 Å². The third-order valence-corrected chi connectivity index (χ3v) is 5.62. The first-order chi connectivity index (χ1) is 8.78. The van der Waals surface area contributed by atoms with E-state index in [0.29, 0.717) is 0 Å². The molecule has 0 fully saturated rings. The first-order valence-corrected chi connectivity index (χ1v) is 8.72. The van der Waals surface area contributed by atoms with E-state index in [0.717, 1.165) is 18.4 Å². The van der Waals surface area contributed by atoms with Gasteiger partial charge >= 0.3 is 0 Å². The topological polar surface area (TPSA) is 3.24 Å². The Kier molecular flexibility index (Phi) is 3.78. The van der Waals surface area contributed by atoms with Gasteiger partial charge in [-0.25, -0.2) is 0 Å². The number of hydrogen-bond acceptors (Lipinski definition) is 2. The summed E-state index contributed by atoms with van der Waals surface area (Å²) in [6.45, 7) is 2.14. The van der Waals surface area contributed by atoms with Gasteiger partial charge in [0.05, 0.1) is 5.69 Å². The number of benzene rings is 1. The molecule has 0 saturated heterocycles. The number of fused-ring (bicyclic) bond motifs is 1. The standard InChI is InChI=1S/C14H13Br2NS/c15-8-10-1-2-13(12(16)7-10)17-5-3-14-11(9-17)4-6-18-14/h1-2,4,6-7H,3,5,8-9H2. The number of alkyl halides is 1. The van der Waals surface area contributed by atoms with E-state index in [4.69, 9.17) is 0 Å². The lowest BCUT2D eigenvalue weighted by molar-refractivity contribution is 0.742. The van der Waals surface area contributed by atoms with Gasteiger partial charge in [-0.05, 0) is 57.1 Å². The van der Waals surface area contributed by atoms with Crippen LogP contribution in [0, 0.1) is 0 Å². The van der Waals surface area contributed by atoms with Gasteiger partial charge in [-0.1, -0.05) is 22.0 Å². The van der Waals surface area contributed by atoms with Gasteiger partial charge in [-0.2, -0.15) is 0 Å². The number of nitrogens with zero attached hydrogens (tertiary/aromatic N) is 1. The zero-order chi connectivity index (χ0) is 12.5. The predicted octanol–water partition coefficient (Wildman–Crippen LogP) is 4.97. The fraction of sp³-hybridized carbons (Fsp3) is 0.286. The number of rotatable bonds is 2. The molecule has 0 amide bonds. The highest BCUT2D eigenvalue weighted by Crippen LogP contribution is 2.33. The minimum Gasteiger partial charge on any atom is -0.366 e. The molecule has 2 heterocycles. The lowest BCUT2D eigenvalue weighted by Crippen LogP contribution is -2.29. The average Bonchev–Trinajstić information content (AvgIpc) is 2.85. The van der Waals surface area contributed by atoms with Gasteiger partial charge in [-0.3, -0.25) is 0 Å². The van der Waals surface area contributed by atoms with Crippen LogP contribution in [0.1, 0.15) is 16.0 Å². The van der Waals surface area contributed by atoms with Crippen LogP contribution in [0.15, 0.2) is 34.1 Å². The Morgan fingerprint density at radius 3 is 2.94 bits per heavy atom. The molecule has 0 atom stereocenters. The van der Waals surface area contributed by atoms with Gasteiger partial charge in [0, 0.05) is 27.8 Å². The van der Waals surface area contributed by atoms with Crippen LogP contribution in [-0.2, 0) is 18.3 Å². The maximum Gasteiger partial charge on any atom is 0.0513 e. The predicted molar refractivity (Wildman–Crippen MR) is 85.8 cm³/mol. The Morgan fingerprint density at radius 2 is 2.17 bits per heavy atom. The summed E-state index contributed by atoms with van der Waals surface area (Å²) in [5.41, 5.74) is 4.10. The van der Waals surface area contributed by atoms with Crippen molar-refractivity contribution in [3.63, 3.8) is 0 Å². The molecular weight excluding hydrogens is 374 g/mol. The van der Waals surface area contributed by atoms with Crippen LogP contribution < -0.4 is 4.90 Å². The lowest BCUT2D eigenvalue weighted by atomic mass is 10.1. The van der Waals surface area contributed by atoms with Crippen LogP contribution in [0.25, 0.3) is 0 Å². The summed E-state index contributed by atoms with van der Waals surface area (Å²) in [5, 5.41) is 3.11. The van der Waals surface area contributed by atoms with Gasteiger partial charge in [-0.15, -0.1) is 11.3 Å². The van der Waals surface area contributed by atoms with Crippen molar-refractivity contribution in [2.24, 2.45) is 0 Å². The molecule has 1 aliphatic rings. The maximum atomic E-state index is 3.69. The summed E-state index contributed by atoms with van der Waals surface area (Å²) in [6, 6.07) is 8.87. The van der Waals surface area contributed by atoms with Crippen LogP contribution in [0.2, 0.25) is 0 Å². The van der Waals surface area contributed by atoms with Gasteiger partial charge in [0.1, 0.15) is 0 Å². The zero-order valence-corrected chi connectivity index (χ0v) is 13.8. The van der Waals surface area contributed by atoms with Crippen LogP contribution in [0.5, 0.6) is 0 Å². The molecule has 4 heteroatoms. The van der Waals surface area contributed by atoms with E-state index >= 15 is 0 Å². The molecule has 1 aromatic heterocycles. The Hall–Kier alpha value is -0.320. The van der Waals surface area contributed by atoms with E-state index in [-0.39, 0.29) is 0 Å². The van der Waals surface area contributed by atoms with Gasteiger partial charge in [0.15, 0.2) is 0 Å². The number of hydrogen-bond donors (Lipinski definition) is 0. The summed E-state index contributed by atoms with van der Waals surface area (Å²) in [4.78, 5) is 4.01. The fourth-order valence-corrected chi connectivity index (χ4v) is 4.26. The SMILES string of the molecule is BrCc1ccc(N2CCc3sccc3C2)c(Br)c1. The van der Waals surface area contributed by atoms with E-state index < -0.39 is 0 Å². The molecule has 0 unspecified atom stereocenters. The molecule has 2 aromatic rings. The molecule has 94 valence electrons. The Bertz CT molecular complexity index is 565. The van der Waals surface area contributed by atoms with Crippen LogP contribution in [0.3, 0.4) is 0 Å². The number of halogens is 2. The molecule has 0 bridgehead atoms. The second-order valence-electron chi connectivity index (χ2n) is 4.46. The van der Waals surface area contributed by atoms with Crippen molar-refractivity contribution in [3.05, 3.63) is 50.1 Å². The molecule has 18 heavy (non-hydrogen) atoms. The van der Waals surface area contributed by atoms with Crippen LogP contribution in [-0.4, -0.2) is 6.54 Å². The minimum absolute atomic E-state index is 0.903. The van der Waals surface area contributed by atoms with Gasteiger partial charge in [0.2, 0.25) is 0 Å². The molecule has 1 aromatic carbocycles. The van der Waals surface area contributed by atoms with Crippen LogP contribution in [0.4, 0.5) is 5.69 Å². The monoisotopic (exact) mass is 385 g/mol. The quantitative estimate of drug-likeness (QED) is 0.658. The fourth-order valence-electron chi connectivity index (χ4n) is 2.34. The Morgan fingerprint density at radius 1 is 1.28 bits per heavy atom. The highest BCUT2D eigenvalue weighted by molar-refractivity contribution is 9.10. The van der Waals surface area contributed by atoms with Crippen molar-refractivity contribution in [3.8, 4) is 0 Å². The average molecular weight is 387 g/mol. The van der Waals surface area contributed by atoms with Gasteiger partial charge in [0.25, 0.3) is 0 Å². The van der Waals surface area contributed by atoms with E-state index in [9.17, 15) is 0 Å². The molecule has 3 rings (SSSR count). The Labute approximate surface area is 128 Å². The minimum atomic E-state index is 0.903. The van der Waals surface area contributed by atoms with Crippen molar-refractivity contribution in [1.29, 1.82) is 0 Å². The number of anilines is 1.